The van der Waals surface area contributed by atoms with Crippen molar-refractivity contribution < 1.29 is 4.74 Å². The zero-order valence-electron chi connectivity index (χ0n) is 11.7. The molecule has 1 fully saturated rings. The summed E-state index contributed by atoms with van der Waals surface area (Å²) in [5, 5.41) is 3.31. The van der Waals surface area contributed by atoms with Crippen molar-refractivity contribution in [1.82, 2.24) is 9.97 Å². The Hall–Kier alpha value is -1.40. The van der Waals surface area contributed by atoms with E-state index in [1.165, 1.54) is 0 Å². The minimum atomic E-state index is 0.203. The first kappa shape index (κ1) is 14.0. The third kappa shape index (κ3) is 4.33. The molecule has 6 heteroatoms. The molecular weight excluding hydrogens is 242 g/mol. The number of morpholine rings is 1. The van der Waals surface area contributed by atoms with Crippen molar-refractivity contribution in [2.45, 2.75) is 26.3 Å². The predicted molar refractivity (Wildman–Crippen MR) is 76.6 cm³/mol. The molecule has 2 heterocycles. The minimum Gasteiger partial charge on any atom is -0.378 e. The largest absolute Gasteiger partial charge is 0.378 e. The molecule has 19 heavy (non-hydrogen) atoms. The van der Waals surface area contributed by atoms with Crippen LogP contribution in [0.4, 0.5) is 11.6 Å². The molecule has 0 aliphatic carbocycles. The van der Waals surface area contributed by atoms with Crippen LogP contribution in [0.3, 0.4) is 0 Å². The summed E-state index contributed by atoms with van der Waals surface area (Å²) in [6, 6.07) is 2.20. The number of hydrogen-bond donors (Lipinski definition) is 2. The highest BCUT2D eigenvalue weighted by molar-refractivity contribution is 5.49. The van der Waals surface area contributed by atoms with E-state index in [-0.39, 0.29) is 6.04 Å². The number of rotatable bonds is 5. The fourth-order valence-corrected chi connectivity index (χ4v) is 2.02. The Labute approximate surface area is 114 Å². The average Bonchev–Trinajstić information content (AvgIpc) is 2.39. The van der Waals surface area contributed by atoms with Gasteiger partial charge in [-0.15, -0.1) is 0 Å². The van der Waals surface area contributed by atoms with E-state index in [2.05, 4.69) is 20.2 Å². The molecule has 0 radical (unpaired) electrons. The molecule has 0 aromatic carbocycles. The van der Waals surface area contributed by atoms with Crippen LogP contribution in [-0.2, 0) is 4.74 Å². The van der Waals surface area contributed by atoms with Gasteiger partial charge in [0, 0.05) is 31.7 Å². The standard InChI is InChI=1S/C13H23N5O/c1-10(14)3-4-15-12-9-13(17-11(2)16-12)18-5-7-19-8-6-18/h9-10H,3-8,14H2,1-2H3,(H,15,16,17). The molecule has 1 unspecified atom stereocenters. The highest BCUT2D eigenvalue weighted by atomic mass is 16.5. The summed E-state index contributed by atoms with van der Waals surface area (Å²) >= 11 is 0. The van der Waals surface area contributed by atoms with Gasteiger partial charge in [0.1, 0.15) is 17.5 Å². The summed E-state index contributed by atoms with van der Waals surface area (Å²) in [6.45, 7) is 8.04. The van der Waals surface area contributed by atoms with Gasteiger partial charge in [-0.1, -0.05) is 0 Å². The number of nitrogens with two attached hydrogens (primary N) is 1. The minimum absolute atomic E-state index is 0.203. The van der Waals surface area contributed by atoms with Gasteiger partial charge < -0.3 is 20.7 Å². The van der Waals surface area contributed by atoms with Crippen LogP contribution in [0, 0.1) is 6.92 Å². The Balaban J connectivity index is 2.01. The number of nitrogens with one attached hydrogen (secondary N) is 1. The second-order valence-electron chi connectivity index (χ2n) is 4.95. The van der Waals surface area contributed by atoms with Crippen molar-refractivity contribution in [2.24, 2.45) is 5.73 Å². The maximum Gasteiger partial charge on any atom is 0.134 e. The third-order valence-corrected chi connectivity index (χ3v) is 3.07. The molecule has 1 aliphatic heterocycles. The number of ether oxygens (including phenoxy) is 1. The normalized spacial score (nSPS) is 17.3. The summed E-state index contributed by atoms with van der Waals surface area (Å²) < 4.78 is 5.36. The van der Waals surface area contributed by atoms with Crippen molar-refractivity contribution in [1.29, 1.82) is 0 Å². The lowest BCUT2D eigenvalue weighted by Crippen LogP contribution is -2.37. The molecular formula is C13H23N5O. The van der Waals surface area contributed by atoms with E-state index in [1.54, 1.807) is 0 Å². The van der Waals surface area contributed by atoms with Gasteiger partial charge in [0.25, 0.3) is 0 Å². The summed E-state index contributed by atoms with van der Waals surface area (Å²) in [7, 11) is 0. The summed E-state index contributed by atoms with van der Waals surface area (Å²) in [6.07, 6.45) is 0.927. The second-order valence-corrected chi connectivity index (χ2v) is 4.95. The lowest BCUT2D eigenvalue weighted by Gasteiger charge is -2.28. The van der Waals surface area contributed by atoms with Crippen LogP contribution < -0.4 is 16.0 Å². The number of hydrogen-bond acceptors (Lipinski definition) is 6. The van der Waals surface area contributed by atoms with Crippen LogP contribution in [0.2, 0.25) is 0 Å². The smallest absolute Gasteiger partial charge is 0.134 e. The molecule has 6 nitrogen and oxygen atoms in total. The molecule has 106 valence electrons. The molecule has 3 N–H and O–H groups in total. The molecule has 1 aliphatic rings. The second kappa shape index (κ2) is 6.68. The van der Waals surface area contributed by atoms with E-state index in [1.807, 2.05) is 19.9 Å². The Kier molecular flexibility index (Phi) is 4.93. The fourth-order valence-electron chi connectivity index (χ4n) is 2.02. The van der Waals surface area contributed by atoms with Gasteiger partial charge in [0.05, 0.1) is 13.2 Å². The first-order valence-electron chi connectivity index (χ1n) is 6.83. The topological polar surface area (TPSA) is 76.3 Å². The van der Waals surface area contributed by atoms with Crippen molar-refractivity contribution in [2.75, 3.05) is 43.1 Å². The van der Waals surface area contributed by atoms with Gasteiger partial charge >= 0.3 is 0 Å². The summed E-state index contributed by atoms with van der Waals surface area (Å²) in [5.74, 6) is 2.63. The Bertz CT molecular complexity index is 404. The Morgan fingerprint density at radius 2 is 2.16 bits per heavy atom. The Morgan fingerprint density at radius 3 is 2.84 bits per heavy atom. The van der Waals surface area contributed by atoms with Crippen LogP contribution >= 0.6 is 0 Å². The van der Waals surface area contributed by atoms with Crippen molar-refractivity contribution >= 4 is 11.6 Å². The molecule has 0 amide bonds. The fraction of sp³-hybridized carbons (Fsp3) is 0.692. The first-order chi connectivity index (χ1) is 9.15. The van der Waals surface area contributed by atoms with E-state index < -0.39 is 0 Å². The molecule has 2 rings (SSSR count). The number of aromatic nitrogens is 2. The Morgan fingerprint density at radius 1 is 1.42 bits per heavy atom. The maximum absolute atomic E-state index is 5.74. The number of aryl methyl sites for hydroxylation is 1. The lowest BCUT2D eigenvalue weighted by molar-refractivity contribution is 0.122. The quantitative estimate of drug-likeness (QED) is 0.819. The molecule has 1 atom stereocenters. The van der Waals surface area contributed by atoms with Crippen LogP contribution in [0.25, 0.3) is 0 Å². The predicted octanol–water partition coefficient (Wildman–Crippen LogP) is 0.771. The van der Waals surface area contributed by atoms with Crippen LogP contribution in [0.1, 0.15) is 19.2 Å². The number of nitrogens with zero attached hydrogens (tertiary/aromatic N) is 3. The molecule has 0 bridgehead atoms. The monoisotopic (exact) mass is 265 g/mol. The molecule has 1 aromatic rings. The molecule has 1 saturated heterocycles. The average molecular weight is 265 g/mol. The maximum atomic E-state index is 5.74. The highest BCUT2D eigenvalue weighted by Crippen LogP contribution is 2.17. The molecule has 0 spiro atoms. The van der Waals surface area contributed by atoms with Gasteiger partial charge in [-0.2, -0.15) is 0 Å². The SMILES string of the molecule is Cc1nc(NCCC(C)N)cc(N2CCOCC2)n1. The third-order valence-electron chi connectivity index (χ3n) is 3.07. The van der Waals surface area contributed by atoms with E-state index in [9.17, 15) is 0 Å². The first-order valence-corrected chi connectivity index (χ1v) is 6.83. The van der Waals surface area contributed by atoms with Gasteiger partial charge in [-0.05, 0) is 20.3 Å². The summed E-state index contributed by atoms with van der Waals surface area (Å²) in [4.78, 5) is 11.1. The van der Waals surface area contributed by atoms with Gasteiger partial charge in [-0.25, -0.2) is 9.97 Å². The lowest BCUT2D eigenvalue weighted by atomic mass is 10.2. The van der Waals surface area contributed by atoms with Gasteiger partial charge in [0.2, 0.25) is 0 Å². The zero-order valence-corrected chi connectivity index (χ0v) is 11.7. The number of anilines is 2. The van der Waals surface area contributed by atoms with E-state index >= 15 is 0 Å². The van der Waals surface area contributed by atoms with Crippen molar-refractivity contribution in [3.05, 3.63) is 11.9 Å². The molecule has 0 saturated carbocycles. The van der Waals surface area contributed by atoms with Crippen LogP contribution in [-0.4, -0.2) is 48.9 Å². The highest BCUT2D eigenvalue weighted by Gasteiger charge is 2.13. The van der Waals surface area contributed by atoms with E-state index in [0.717, 1.165) is 56.7 Å². The van der Waals surface area contributed by atoms with Gasteiger partial charge in [-0.3, -0.25) is 0 Å². The van der Waals surface area contributed by atoms with Crippen LogP contribution in [0.5, 0.6) is 0 Å². The van der Waals surface area contributed by atoms with Crippen LogP contribution in [0.15, 0.2) is 6.07 Å². The summed E-state index contributed by atoms with van der Waals surface area (Å²) in [5.41, 5.74) is 5.74. The zero-order chi connectivity index (χ0) is 13.7. The van der Waals surface area contributed by atoms with E-state index in [4.69, 9.17) is 10.5 Å². The van der Waals surface area contributed by atoms with Crippen molar-refractivity contribution in [3.8, 4) is 0 Å². The van der Waals surface area contributed by atoms with Gasteiger partial charge in [0.15, 0.2) is 0 Å². The molecule has 1 aromatic heterocycles. The van der Waals surface area contributed by atoms with Crippen molar-refractivity contribution in [3.63, 3.8) is 0 Å². The van der Waals surface area contributed by atoms with E-state index in [0.29, 0.717) is 0 Å².